The van der Waals surface area contributed by atoms with Crippen molar-refractivity contribution in [3.63, 3.8) is 0 Å². The maximum Gasteiger partial charge on any atom is 0.0767 e. The van der Waals surface area contributed by atoms with Gasteiger partial charge in [0.15, 0.2) is 0 Å². The number of rotatable bonds is 5. The van der Waals surface area contributed by atoms with Crippen LogP contribution in [0.1, 0.15) is 32.2 Å². The number of hydrogen-bond acceptors (Lipinski definition) is 2. The average Bonchev–Trinajstić information content (AvgIpc) is 2.55. The fraction of sp³-hybridized carbons (Fsp3) is 0.727. The molecule has 0 N–H and O–H groups in total. The molecule has 3 nitrogen and oxygen atoms in total. The topological polar surface area (TPSA) is 21.1 Å². The third kappa shape index (κ3) is 2.82. The van der Waals surface area contributed by atoms with Gasteiger partial charge in [-0.05, 0) is 42.9 Å². The van der Waals surface area contributed by atoms with E-state index in [4.69, 9.17) is 0 Å². The molecule has 0 fully saturated rings. The SMILES string of the molecule is CCc1nn(CC)c(CN(C)CC)c1Br. The van der Waals surface area contributed by atoms with Crippen molar-refractivity contribution in [2.75, 3.05) is 13.6 Å². The molecule has 1 aromatic heterocycles. The molecule has 1 aromatic rings. The van der Waals surface area contributed by atoms with Crippen LogP contribution in [0.3, 0.4) is 0 Å². The Morgan fingerprint density at radius 1 is 1.33 bits per heavy atom. The Bertz CT molecular complexity index is 320. The highest BCUT2D eigenvalue weighted by atomic mass is 79.9. The van der Waals surface area contributed by atoms with Crippen LogP contribution in [0, 0.1) is 0 Å². The van der Waals surface area contributed by atoms with Crippen molar-refractivity contribution in [2.45, 2.75) is 40.3 Å². The van der Waals surface area contributed by atoms with Gasteiger partial charge in [-0.3, -0.25) is 4.68 Å². The van der Waals surface area contributed by atoms with Crippen LogP contribution < -0.4 is 0 Å². The molecule has 0 aliphatic rings. The zero-order valence-electron chi connectivity index (χ0n) is 10.0. The summed E-state index contributed by atoms with van der Waals surface area (Å²) >= 11 is 3.65. The number of halogens is 1. The van der Waals surface area contributed by atoms with E-state index in [0.29, 0.717) is 0 Å². The summed E-state index contributed by atoms with van der Waals surface area (Å²) in [4.78, 5) is 2.29. The van der Waals surface area contributed by atoms with Gasteiger partial charge >= 0.3 is 0 Å². The second-order valence-electron chi connectivity index (χ2n) is 3.71. The van der Waals surface area contributed by atoms with Crippen LogP contribution in [0.5, 0.6) is 0 Å². The summed E-state index contributed by atoms with van der Waals surface area (Å²) in [7, 11) is 2.13. The molecule has 0 aliphatic carbocycles. The zero-order chi connectivity index (χ0) is 11.4. The first kappa shape index (κ1) is 12.7. The minimum Gasteiger partial charge on any atom is -0.301 e. The molecule has 0 atom stereocenters. The largest absolute Gasteiger partial charge is 0.301 e. The van der Waals surface area contributed by atoms with Crippen LogP contribution in [0.4, 0.5) is 0 Å². The number of aryl methyl sites for hydroxylation is 2. The molecule has 0 amide bonds. The van der Waals surface area contributed by atoms with E-state index in [2.05, 4.69) is 58.4 Å². The Labute approximate surface area is 101 Å². The third-order valence-corrected chi connectivity index (χ3v) is 3.57. The van der Waals surface area contributed by atoms with Gasteiger partial charge < -0.3 is 4.90 Å². The molecule has 0 saturated carbocycles. The third-order valence-electron chi connectivity index (χ3n) is 2.65. The van der Waals surface area contributed by atoms with Crippen molar-refractivity contribution in [3.05, 3.63) is 15.9 Å². The van der Waals surface area contributed by atoms with Gasteiger partial charge in [0, 0.05) is 13.1 Å². The van der Waals surface area contributed by atoms with Gasteiger partial charge in [0.05, 0.1) is 15.9 Å². The summed E-state index contributed by atoms with van der Waals surface area (Å²) in [5.41, 5.74) is 2.45. The lowest BCUT2D eigenvalue weighted by molar-refractivity contribution is 0.331. The van der Waals surface area contributed by atoms with E-state index in [1.807, 2.05) is 0 Å². The van der Waals surface area contributed by atoms with Crippen LogP contribution in [0.2, 0.25) is 0 Å². The first-order valence-corrected chi connectivity index (χ1v) is 6.35. The number of aromatic nitrogens is 2. The van der Waals surface area contributed by atoms with E-state index in [9.17, 15) is 0 Å². The molecule has 86 valence electrons. The fourth-order valence-corrected chi connectivity index (χ4v) is 2.23. The van der Waals surface area contributed by atoms with Gasteiger partial charge in [0.25, 0.3) is 0 Å². The molecular weight excluding hydrogens is 254 g/mol. The second kappa shape index (κ2) is 5.66. The quantitative estimate of drug-likeness (QED) is 0.823. The maximum absolute atomic E-state index is 4.58. The molecule has 0 aliphatic heterocycles. The van der Waals surface area contributed by atoms with Crippen molar-refractivity contribution in [3.8, 4) is 0 Å². The highest BCUT2D eigenvalue weighted by molar-refractivity contribution is 9.10. The molecule has 0 saturated heterocycles. The molecule has 0 unspecified atom stereocenters. The van der Waals surface area contributed by atoms with Crippen molar-refractivity contribution in [2.24, 2.45) is 0 Å². The monoisotopic (exact) mass is 273 g/mol. The van der Waals surface area contributed by atoms with Gasteiger partial charge in [0.1, 0.15) is 0 Å². The summed E-state index contributed by atoms with van der Waals surface area (Å²) in [6.07, 6.45) is 0.983. The van der Waals surface area contributed by atoms with E-state index < -0.39 is 0 Å². The van der Waals surface area contributed by atoms with Crippen LogP contribution in [0.25, 0.3) is 0 Å². The van der Waals surface area contributed by atoms with E-state index in [1.165, 1.54) is 10.2 Å². The molecule has 0 spiro atoms. The predicted octanol–water partition coefficient (Wildman–Crippen LogP) is 2.68. The first-order chi connectivity index (χ1) is 7.13. The Morgan fingerprint density at radius 3 is 2.47 bits per heavy atom. The predicted molar refractivity (Wildman–Crippen MR) is 67.0 cm³/mol. The van der Waals surface area contributed by atoms with E-state index in [1.54, 1.807) is 0 Å². The molecule has 1 heterocycles. The van der Waals surface area contributed by atoms with Gasteiger partial charge in [-0.25, -0.2) is 0 Å². The Morgan fingerprint density at radius 2 is 2.00 bits per heavy atom. The second-order valence-corrected chi connectivity index (χ2v) is 4.50. The zero-order valence-corrected chi connectivity index (χ0v) is 11.6. The number of nitrogens with zero attached hydrogens (tertiary/aromatic N) is 3. The van der Waals surface area contributed by atoms with Crippen LogP contribution in [0.15, 0.2) is 4.47 Å². The fourth-order valence-electron chi connectivity index (χ4n) is 1.54. The molecule has 4 heteroatoms. The van der Waals surface area contributed by atoms with Crippen molar-refractivity contribution in [1.82, 2.24) is 14.7 Å². The summed E-state index contributed by atoms with van der Waals surface area (Å²) in [5, 5.41) is 4.58. The Balaban J connectivity index is 2.97. The van der Waals surface area contributed by atoms with E-state index >= 15 is 0 Å². The van der Waals surface area contributed by atoms with Crippen LogP contribution in [-0.4, -0.2) is 28.3 Å². The van der Waals surface area contributed by atoms with Crippen molar-refractivity contribution >= 4 is 15.9 Å². The van der Waals surface area contributed by atoms with Gasteiger partial charge in [0.2, 0.25) is 0 Å². The van der Waals surface area contributed by atoms with Crippen molar-refractivity contribution in [1.29, 1.82) is 0 Å². The minimum absolute atomic E-state index is 0.936. The maximum atomic E-state index is 4.58. The molecule has 0 radical (unpaired) electrons. The minimum atomic E-state index is 0.936. The molecule has 0 aromatic carbocycles. The normalized spacial score (nSPS) is 11.3. The summed E-state index contributed by atoms with van der Waals surface area (Å²) in [6.45, 7) is 9.39. The Kier molecular flexibility index (Phi) is 4.80. The average molecular weight is 274 g/mol. The van der Waals surface area contributed by atoms with Gasteiger partial charge in [-0.1, -0.05) is 13.8 Å². The number of hydrogen-bond donors (Lipinski definition) is 0. The highest BCUT2D eigenvalue weighted by Crippen LogP contribution is 2.23. The molecule has 15 heavy (non-hydrogen) atoms. The van der Waals surface area contributed by atoms with Gasteiger partial charge in [-0.15, -0.1) is 0 Å². The lowest BCUT2D eigenvalue weighted by atomic mass is 10.3. The molecule has 0 bridgehead atoms. The Hall–Kier alpha value is -0.350. The van der Waals surface area contributed by atoms with Crippen LogP contribution in [-0.2, 0) is 19.5 Å². The summed E-state index contributed by atoms with van der Waals surface area (Å²) in [5.74, 6) is 0. The van der Waals surface area contributed by atoms with Gasteiger partial charge in [-0.2, -0.15) is 5.10 Å². The molecular formula is C11H20BrN3. The highest BCUT2D eigenvalue weighted by Gasteiger charge is 2.14. The molecule has 1 rings (SSSR count). The van der Waals surface area contributed by atoms with E-state index in [-0.39, 0.29) is 0 Å². The summed E-state index contributed by atoms with van der Waals surface area (Å²) in [6, 6.07) is 0. The first-order valence-electron chi connectivity index (χ1n) is 5.56. The van der Waals surface area contributed by atoms with E-state index in [0.717, 1.165) is 31.7 Å². The lowest BCUT2D eigenvalue weighted by Crippen LogP contribution is -2.19. The smallest absolute Gasteiger partial charge is 0.0767 e. The lowest BCUT2D eigenvalue weighted by Gasteiger charge is -2.14. The standard InChI is InChI=1S/C11H20BrN3/c1-5-9-11(12)10(8-14(4)6-2)15(7-3)13-9/h5-8H2,1-4H3. The van der Waals surface area contributed by atoms with Crippen LogP contribution >= 0.6 is 15.9 Å². The van der Waals surface area contributed by atoms with Crippen molar-refractivity contribution < 1.29 is 0 Å². The summed E-state index contributed by atoms with van der Waals surface area (Å²) < 4.78 is 3.28.